The molecule has 1 aromatic carbocycles. The van der Waals surface area contributed by atoms with Crippen molar-refractivity contribution < 1.29 is 27.9 Å². The number of anilines is 1. The summed E-state index contributed by atoms with van der Waals surface area (Å²) in [6.45, 7) is 4.33. The van der Waals surface area contributed by atoms with Crippen LogP contribution in [0.15, 0.2) is 35.7 Å². The predicted octanol–water partition coefficient (Wildman–Crippen LogP) is 1.24. The number of nitrogens with one attached hydrogen (secondary N) is 1. The van der Waals surface area contributed by atoms with Gasteiger partial charge in [-0.3, -0.25) is 9.59 Å². The third kappa shape index (κ3) is 7.35. The van der Waals surface area contributed by atoms with Crippen molar-refractivity contribution in [1.29, 1.82) is 0 Å². The first kappa shape index (κ1) is 30.5. The molecule has 3 rings (SSSR count). The Kier molecular flexibility index (Phi) is 10.1. The second-order valence-electron chi connectivity index (χ2n) is 10.4. The fourth-order valence-electron chi connectivity index (χ4n) is 4.36. The number of nitrogens with zero attached hydrogens (tertiary/aromatic N) is 5. The van der Waals surface area contributed by atoms with E-state index in [9.17, 15) is 23.1 Å². The van der Waals surface area contributed by atoms with Crippen molar-refractivity contribution in [2.45, 2.75) is 43.9 Å². The molecule has 2 aromatic rings. The Morgan fingerprint density at radius 3 is 2.64 bits per heavy atom. The highest BCUT2D eigenvalue weighted by Gasteiger charge is 2.36. The lowest BCUT2D eigenvalue weighted by molar-refractivity contribution is -0.116. The Balaban J connectivity index is 1.97. The van der Waals surface area contributed by atoms with Gasteiger partial charge in [0.05, 0.1) is 36.8 Å². The number of benzene rings is 1. The SMILES string of the molecule is C[C@H](CO)N1C[C@H](C)[C@@H](CN(C)S(=O)(=O)c2cn(C)cn2)Oc2c(NC(=O)CCCN(C)C)cccc2C1=O. The number of hydrogen-bond acceptors (Lipinski definition) is 8. The number of para-hydroxylation sites is 1. The number of amides is 2. The molecular formula is C26H40N6O6S. The van der Waals surface area contributed by atoms with Gasteiger partial charge in [-0.15, -0.1) is 0 Å². The van der Waals surface area contributed by atoms with Gasteiger partial charge in [-0.25, -0.2) is 13.4 Å². The third-order valence-corrected chi connectivity index (χ3v) is 8.48. The molecule has 12 nitrogen and oxygen atoms in total. The lowest BCUT2D eigenvalue weighted by Gasteiger charge is -2.38. The van der Waals surface area contributed by atoms with Crippen LogP contribution in [-0.2, 0) is 21.9 Å². The van der Waals surface area contributed by atoms with Gasteiger partial charge in [0.15, 0.2) is 10.8 Å². The molecule has 39 heavy (non-hydrogen) atoms. The lowest BCUT2D eigenvalue weighted by atomic mass is 9.99. The molecule has 2 heterocycles. The average molecular weight is 565 g/mol. The van der Waals surface area contributed by atoms with Crippen LogP contribution < -0.4 is 10.1 Å². The molecule has 13 heteroatoms. The summed E-state index contributed by atoms with van der Waals surface area (Å²) in [6.07, 6.45) is 3.11. The monoisotopic (exact) mass is 564 g/mol. The van der Waals surface area contributed by atoms with E-state index in [4.69, 9.17) is 4.74 Å². The van der Waals surface area contributed by atoms with Gasteiger partial charge >= 0.3 is 0 Å². The molecule has 0 bridgehead atoms. The molecule has 1 aromatic heterocycles. The van der Waals surface area contributed by atoms with Crippen LogP contribution in [0.5, 0.6) is 5.75 Å². The number of imidazole rings is 1. The standard InChI is InChI=1S/C26H40N6O6S/c1-18-13-32(19(2)16-33)26(35)20-9-7-10-21(28-23(34)11-8-12-29(3)4)25(20)38-22(18)14-31(6)39(36,37)24-15-30(5)17-27-24/h7,9-10,15,17-19,22,33H,8,11-14,16H2,1-6H3,(H,28,34)/t18-,19+,22+/m0/s1. The smallest absolute Gasteiger partial charge is 0.261 e. The zero-order valence-electron chi connectivity index (χ0n) is 23.5. The summed E-state index contributed by atoms with van der Waals surface area (Å²) in [5.41, 5.74) is 0.565. The topological polar surface area (TPSA) is 137 Å². The summed E-state index contributed by atoms with van der Waals surface area (Å²) in [6, 6.07) is 4.45. The molecule has 0 saturated heterocycles. The van der Waals surface area contributed by atoms with Gasteiger partial charge in [0.25, 0.3) is 15.9 Å². The maximum Gasteiger partial charge on any atom is 0.261 e. The fourth-order valence-corrected chi connectivity index (χ4v) is 5.50. The number of rotatable bonds is 11. The van der Waals surface area contributed by atoms with Crippen LogP contribution in [0, 0.1) is 5.92 Å². The van der Waals surface area contributed by atoms with Gasteiger partial charge in [0.2, 0.25) is 5.91 Å². The number of carbonyl (C=O) groups is 2. The van der Waals surface area contributed by atoms with Gasteiger partial charge in [0.1, 0.15) is 6.10 Å². The Morgan fingerprint density at radius 2 is 2.03 bits per heavy atom. The van der Waals surface area contributed by atoms with E-state index in [0.717, 1.165) is 6.54 Å². The molecule has 0 fully saturated rings. The zero-order chi connectivity index (χ0) is 28.9. The normalized spacial score (nSPS) is 18.9. The molecule has 1 aliphatic rings. The van der Waals surface area contributed by atoms with Crippen LogP contribution in [-0.4, -0.2) is 109 Å². The van der Waals surface area contributed by atoms with E-state index in [0.29, 0.717) is 12.1 Å². The second-order valence-corrected chi connectivity index (χ2v) is 12.4. The van der Waals surface area contributed by atoms with Crippen molar-refractivity contribution >= 4 is 27.5 Å². The first-order chi connectivity index (χ1) is 18.3. The van der Waals surface area contributed by atoms with Crippen LogP contribution >= 0.6 is 0 Å². The molecule has 2 N–H and O–H groups in total. The summed E-state index contributed by atoms with van der Waals surface area (Å²) in [5, 5.41) is 12.7. The van der Waals surface area contributed by atoms with Crippen LogP contribution in [0.1, 0.15) is 37.0 Å². The lowest BCUT2D eigenvalue weighted by Crippen LogP contribution is -2.50. The number of hydrogen-bond donors (Lipinski definition) is 2. The van der Waals surface area contributed by atoms with E-state index in [1.54, 1.807) is 41.6 Å². The Hall–Kier alpha value is -3.00. The average Bonchev–Trinajstić information content (AvgIpc) is 3.32. The van der Waals surface area contributed by atoms with Crippen molar-refractivity contribution in [3.8, 4) is 5.75 Å². The summed E-state index contributed by atoms with van der Waals surface area (Å²) < 4.78 is 35.5. The third-order valence-electron chi connectivity index (χ3n) is 6.77. The second kappa shape index (κ2) is 12.9. The fraction of sp³-hybridized carbons (Fsp3) is 0.577. The number of likely N-dealkylation sites (N-methyl/N-ethyl adjacent to an activating group) is 1. The van der Waals surface area contributed by atoms with E-state index in [1.165, 1.54) is 23.9 Å². The Morgan fingerprint density at radius 1 is 1.31 bits per heavy atom. The number of fused-ring (bicyclic) bond motifs is 1. The molecule has 216 valence electrons. The van der Waals surface area contributed by atoms with Gasteiger partial charge in [0, 0.05) is 39.2 Å². The largest absolute Gasteiger partial charge is 0.486 e. The first-order valence-electron chi connectivity index (χ1n) is 13.0. The highest BCUT2D eigenvalue weighted by Crippen LogP contribution is 2.35. The van der Waals surface area contributed by atoms with E-state index in [-0.39, 0.29) is 60.2 Å². The van der Waals surface area contributed by atoms with Crippen molar-refractivity contribution in [2.24, 2.45) is 13.0 Å². The number of carbonyl (C=O) groups excluding carboxylic acids is 2. The molecular weight excluding hydrogens is 524 g/mol. The van der Waals surface area contributed by atoms with Crippen LogP contribution in [0.25, 0.3) is 0 Å². The number of ether oxygens (including phenoxy) is 1. The summed E-state index contributed by atoms with van der Waals surface area (Å²) in [7, 11) is 3.11. The van der Waals surface area contributed by atoms with Crippen molar-refractivity contribution in [1.82, 2.24) is 23.7 Å². The van der Waals surface area contributed by atoms with Crippen LogP contribution in [0.2, 0.25) is 0 Å². The maximum absolute atomic E-state index is 13.6. The van der Waals surface area contributed by atoms with Crippen LogP contribution in [0.4, 0.5) is 5.69 Å². The number of sulfonamides is 1. The molecule has 0 spiro atoms. The summed E-state index contributed by atoms with van der Waals surface area (Å²) in [5.74, 6) is -0.696. The number of aryl methyl sites for hydroxylation is 1. The van der Waals surface area contributed by atoms with Crippen molar-refractivity contribution in [3.63, 3.8) is 0 Å². The van der Waals surface area contributed by atoms with E-state index in [2.05, 4.69) is 10.3 Å². The molecule has 2 amide bonds. The molecule has 0 radical (unpaired) electrons. The summed E-state index contributed by atoms with van der Waals surface area (Å²) >= 11 is 0. The minimum absolute atomic E-state index is 0.0276. The quantitative estimate of drug-likeness (QED) is 0.416. The molecule has 0 saturated carbocycles. The van der Waals surface area contributed by atoms with Crippen molar-refractivity contribution in [3.05, 3.63) is 36.3 Å². The molecule has 3 atom stereocenters. The molecule has 1 aliphatic heterocycles. The highest BCUT2D eigenvalue weighted by atomic mass is 32.2. The molecule has 0 aliphatic carbocycles. The van der Waals surface area contributed by atoms with Gasteiger partial charge in [-0.05, 0) is 46.1 Å². The Labute approximate surface area is 230 Å². The van der Waals surface area contributed by atoms with Gasteiger partial charge in [-0.1, -0.05) is 13.0 Å². The minimum Gasteiger partial charge on any atom is -0.486 e. The minimum atomic E-state index is -3.90. The number of aliphatic hydroxyl groups excluding tert-OH is 1. The maximum atomic E-state index is 13.6. The van der Waals surface area contributed by atoms with E-state index in [1.807, 2.05) is 25.9 Å². The Bertz CT molecular complexity index is 1260. The first-order valence-corrected chi connectivity index (χ1v) is 14.4. The van der Waals surface area contributed by atoms with E-state index >= 15 is 0 Å². The number of aliphatic hydroxyl groups is 1. The summed E-state index contributed by atoms with van der Waals surface area (Å²) in [4.78, 5) is 33.9. The highest BCUT2D eigenvalue weighted by molar-refractivity contribution is 7.89. The van der Waals surface area contributed by atoms with Gasteiger partial charge < -0.3 is 29.5 Å². The van der Waals surface area contributed by atoms with Crippen molar-refractivity contribution in [2.75, 3.05) is 52.7 Å². The number of aromatic nitrogens is 2. The van der Waals surface area contributed by atoms with E-state index < -0.39 is 22.2 Å². The predicted molar refractivity (Wildman–Crippen MR) is 147 cm³/mol. The van der Waals surface area contributed by atoms with Crippen LogP contribution in [0.3, 0.4) is 0 Å². The zero-order valence-corrected chi connectivity index (χ0v) is 24.3. The molecule has 0 unspecified atom stereocenters. The van der Waals surface area contributed by atoms with Gasteiger partial charge in [-0.2, -0.15) is 4.31 Å².